The standard InChI is InChI=1S/C16H16N4/c1-19(2)20-15(13-9-5-3-6-10-13)17-18-16(20)14-11-7-4-8-12-14/h3-12H,1-2H3. The van der Waals surface area contributed by atoms with E-state index in [-0.39, 0.29) is 0 Å². The molecule has 0 amide bonds. The number of aromatic nitrogens is 3. The fraction of sp³-hybridized carbons (Fsp3) is 0.125. The van der Waals surface area contributed by atoms with Crippen LogP contribution in [0.2, 0.25) is 0 Å². The van der Waals surface area contributed by atoms with Gasteiger partial charge < -0.3 is 5.01 Å². The van der Waals surface area contributed by atoms with E-state index in [9.17, 15) is 0 Å². The van der Waals surface area contributed by atoms with Gasteiger partial charge in [0.1, 0.15) is 0 Å². The highest BCUT2D eigenvalue weighted by molar-refractivity contribution is 5.63. The average Bonchev–Trinajstić information content (AvgIpc) is 2.94. The molecule has 0 fully saturated rings. The van der Waals surface area contributed by atoms with Crippen LogP contribution in [0, 0.1) is 0 Å². The zero-order valence-electron chi connectivity index (χ0n) is 11.6. The van der Waals surface area contributed by atoms with Gasteiger partial charge in [0.05, 0.1) is 0 Å². The molecule has 0 aliphatic carbocycles. The van der Waals surface area contributed by atoms with Gasteiger partial charge in [0.2, 0.25) is 0 Å². The molecule has 4 heteroatoms. The Morgan fingerprint density at radius 1 is 0.700 bits per heavy atom. The molecule has 0 spiro atoms. The van der Waals surface area contributed by atoms with Gasteiger partial charge in [-0.25, -0.2) is 4.68 Å². The molecule has 0 aliphatic rings. The van der Waals surface area contributed by atoms with Gasteiger partial charge in [0, 0.05) is 25.2 Å². The SMILES string of the molecule is CN(C)n1c(-c2ccccc2)nnc1-c1ccccc1. The normalized spacial score (nSPS) is 10.5. The van der Waals surface area contributed by atoms with Crippen LogP contribution in [-0.4, -0.2) is 29.0 Å². The minimum Gasteiger partial charge on any atom is -0.315 e. The lowest BCUT2D eigenvalue weighted by atomic mass is 10.2. The van der Waals surface area contributed by atoms with E-state index in [1.54, 1.807) is 0 Å². The van der Waals surface area contributed by atoms with Gasteiger partial charge in [-0.05, 0) is 0 Å². The zero-order valence-corrected chi connectivity index (χ0v) is 11.6. The number of hydrogen-bond acceptors (Lipinski definition) is 3. The molecule has 2 aromatic carbocycles. The van der Waals surface area contributed by atoms with Crippen molar-refractivity contribution in [3.05, 3.63) is 60.7 Å². The van der Waals surface area contributed by atoms with E-state index < -0.39 is 0 Å². The summed E-state index contributed by atoms with van der Waals surface area (Å²) in [6, 6.07) is 20.2. The third-order valence-electron chi connectivity index (χ3n) is 3.10. The van der Waals surface area contributed by atoms with Crippen molar-refractivity contribution < 1.29 is 0 Å². The van der Waals surface area contributed by atoms with Crippen molar-refractivity contribution in [1.29, 1.82) is 0 Å². The minimum absolute atomic E-state index is 0.842. The van der Waals surface area contributed by atoms with Crippen LogP contribution in [0.25, 0.3) is 22.8 Å². The molecule has 1 aromatic heterocycles. The Bertz CT molecular complexity index is 630. The molecule has 0 saturated carbocycles. The maximum Gasteiger partial charge on any atom is 0.183 e. The highest BCUT2D eigenvalue weighted by Gasteiger charge is 2.16. The summed E-state index contributed by atoms with van der Waals surface area (Å²) in [5, 5.41) is 10.7. The summed E-state index contributed by atoms with van der Waals surface area (Å²) in [6.45, 7) is 0. The van der Waals surface area contributed by atoms with Gasteiger partial charge >= 0.3 is 0 Å². The second-order valence-electron chi connectivity index (χ2n) is 4.74. The van der Waals surface area contributed by atoms with Crippen molar-refractivity contribution in [1.82, 2.24) is 14.9 Å². The molecule has 3 rings (SSSR count). The Morgan fingerprint density at radius 2 is 1.10 bits per heavy atom. The first-order valence-electron chi connectivity index (χ1n) is 6.51. The van der Waals surface area contributed by atoms with Gasteiger partial charge in [-0.15, -0.1) is 10.2 Å². The molecule has 0 unspecified atom stereocenters. The van der Waals surface area contributed by atoms with Gasteiger partial charge in [-0.3, -0.25) is 0 Å². The summed E-state index contributed by atoms with van der Waals surface area (Å²) in [5.74, 6) is 1.68. The molecule has 4 nitrogen and oxygen atoms in total. The van der Waals surface area contributed by atoms with Crippen molar-refractivity contribution in [2.75, 3.05) is 19.1 Å². The smallest absolute Gasteiger partial charge is 0.183 e. The number of benzene rings is 2. The Kier molecular flexibility index (Phi) is 3.21. The van der Waals surface area contributed by atoms with E-state index in [0.29, 0.717) is 0 Å². The summed E-state index contributed by atoms with van der Waals surface area (Å²) in [6.07, 6.45) is 0. The number of nitrogens with zero attached hydrogens (tertiary/aromatic N) is 4. The third kappa shape index (κ3) is 2.16. The van der Waals surface area contributed by atoms with E-state index in [4.69, 9.17) is 0 Å². The van der Waals surface area contributed by atoms with Crippen molar-refractivity contribution in [3.63, 3.8) is 0 Å². The van der Waals surface area contributed by atoms with E-state index in [2.05, 4.69) is 10.2 Å². The van der Waals surface area contributed by atoms with Crippen molar-refractivity contribution in [2.45, 2.75) is 0 Å². The van der Waals surface area contributed by atoms with Crippen LogP contribution in [0.3, 0.4) is 0 Å². The fourth-order valence-corrected chi connectivity index (χ4v) is 2.19. The van der Waals surface area contributed by atoms with Crippen molar-refractivity contribution >= 4 is 0 Å². The fourth-order valence-electron chi connectivity index (χ4n) is 2.19. The summed E-state index contributed by atoms with van der Waals surface area (Å²) >= 11 is 0. The number of rotatable bonds is 3. The minimum atomic E-state index is 0.842. The summed E-state index contributed by atoms with van der Waals surface area (Å²) < 4.78 is 2.02. The van der Waals surface area contributed by atoms with Crippen molar-refractivity contribution in [2.24, 2.45) is 0 Å². The molecule has 100 valence electrons. The lowest BCUT2D eigenvalue weighted by Crippen LogP contribution is -2.26. The molecular formula is C16H16N4. The first kappa shape index (κ1) is 12.4. The van der Waals surface area contributed by atoms with Gasteiger partial charge in [0.15, 0.2) is 11.6 Å². The Labute approximate surface area is 118 Å². The maximum atomic E-state index is 4.36. The maximum absolute atomic E-state index is 4.36. The first-order valence-corrected chi connectivity index (χ1v) is 6.51. The van der Waals surface area contributed by atoms with Crippen LogP contribution in [0.4, 0.5) is 0 Å². The summed E-state index contributed by atoms with van der Waals surface area (Å²) in [7, 11) is 3.98. The van der Waals surface area contributed by atoms with Crippen LogP contribution >= 0.6 is 0 Å². The van der Waals surface area contributed by atoms with Crippen LogP contribution in [-0.2, 0) is 0 Å². The molecule has 0 N–H and O–H groups in total. The molecule has 3 aromatic rings. The van der Waals surface area contributed by atoms with E-state index in [1.807, 2.05) is 84.4 Å². The second-order valence-corrected chi connectivity index (χ2v) is 4.74. The summed E-state index contributed by atoms with van der Waals surface area (Å²) in [4.78, 5) is 0. The van der Waals surface area contributed by atoms with E-state index in [1.165, 1.54) is 0 Å². The predicted octanol–water partition coefficient (Wildman–Crippen LogP) is 2.81. The lowest BCUT2D eigenvalue weighted by molar-refractivity contribution is 0.743. The van der Waals surface area contributed by atoms with Crippen LogP contribution in [0.5, 0.6) is 0 Å². The predicted molar refractivity (Wildman–Crippen MR) is 81.0 cm³/mol. The second kappa shape index (κ2) is 5.17. The number of hydrogen-bond donors (Lipinski definition) is 0. The topological polar surface area (TPSA) is 34.0 Å². The average molecular weight is 264 g/mol. The molecule has 0 radical (unpaired) electrons. The Morgan fingerprint density at radius 3 is 1.45 bits per heavy atom. The Hall–Kier alpha value is -2.62. The molecule has 20 heavy (non-hydrogen) atoms. The van der Waals surface area contributed by atoms with Crippen LogP contribution in [0.15, 0.2) is 60.7 Å². The third-order valence-corrected chi connectivity index (χ3v) is 3.10. The van der Waals surface area contributed by atoms with Gasteiger partial charge in [0.25, 0.3) is 0 Å². The zero-order chi connectivity index (χ0) is 13.9. The Balaban J connectivity index is 2.17. The molecular weight excluding hydrogens is 248 g/mol. The van der Waals surface area contributed by atoms with Crippen LogP contribution < -0.4 is 5.01 Å². The molecule has 0 bridgehead atoms. The monoisotopic (exact) mass is 264 g/mol. The van der Waals surface area contributed by atoms with Gasteiger partial charge in [-0.2, -0.15) is 0 Å². The lowest BCUT2D eigenvalue weighted by Gasteiger charge is -2.18. The van der Waals surface area contributed by atoms with E-state index >= 15 is 0 Å². The first-order chi connectivity index (χ1) is 9.77. The molecule has 0 aliphatic heterocycles. The molecule has 0 atom stereocenters. The van der Waals surface area contributed by atoms with Gasteiger partial charge in [-0.1, -0.05) is 60.7 Å². The molecule has 1 heterocycles. The quantitative estimate of drug-likeness (QED) is 0.729. The largest absolute Gasteiger partial charge is 0.315 e. The highest BCUT2D eigenvalue weighted by atomic mass is 15.6. The van der Waals surface area contributed by atoms with Crippen LogP contribution in [0.1, 0.15) is 0 Å². The molecule has 0 saturated heterocycles. The summed E-state index contributed by atoms with van der Waals surface area (Å²) in [5.41, 5.74) is 2.10. The van der Waals surface area contributed by atoms with E-state index in [0.717, 1.165) is 22.8 Å². The highest BCUT2D eigenvalue weighted by Crippen LogP contribution is 2.23. The van der Waals surface area contributed by atoms with Crippen molar-refractivity contribution in [3.8, 4) is 22.8 Å².